The molecule has 0 aliphatic carbocycles. The average molecular weight is 244 g/mol. The maximum Gasteiger partial charge on any atom is 1.00 e. The molecule has 76 valence electrons. The second-order valence-electron chi connectivity index (χ2n) is 1.74. The summed E-state index contributed by atoms with van der Waals surface area (Å²) in [6.07, 6.45) is 0. The van der Waals surface area contributed by atoms with Crippen LogP contribution >= 0.6 is 0 Å². The Kier molecular flexibility index (Phi) is 7.80. The van der Waals surface area contributed by atoms with Gasteiger partial charge in [-0.05, 0) is 0 Å². The predicted octanol–water partition coefficient (Wildman–Crippen LogP) is -5.11. The third-order valence-corrected chi connectivity index (χ3v) is 1.83. The number of nitrogens with one attached hydrogen (secondary N) is 2. The summed E-state index contributed by atoms with van der Waals surface area (Å²) in [6.45, 7) is -0.697. The molecule has 0 fully saturated rings. The van der Waals surface area contributed by atoms with Gasteiger partial charge in [0.15, 0.2) is 0 Å². The van der Waals surface area contributed by atoms with Gasteiger partial charge in [0, 0.05) is 13.1 Å². The molecule has 0 rings (SSSR count). The van der Waals surface area contributed by atoms with E-state index < -0.39 is 20.6 Å². The van der Waals surface area contributed by atoms with E-state index in [1.54, 1.807) is 9.44 Å². The largest absolute Gasteiger partial charge is 1.00 e. The first-order valence-electron chi connectivity index (χ1n) is 2.65. The van der Waals surface area contributed by atoms with Crippen LogP contribution in [0.1, 0.15) is 1.43 Å². The topological polar surface area (TPSA) is 133 Å². The van der Waals surface area contributed by atoms with Crippen molar-refractivity contribution in [3.63, 3.8) is 0 Å². The third kappa shape index (κ3) is 15.5. The fourth-order valence-electron chi connectivity index (χ4n) is 0.360. The van der Waals surface area contributed by atoms with Gasteiger partial charge in [-0.3, -0.25) is 9.11 Å². The van der Waals surface area contributed by atoms with E-state index >= 15 is 0 Å². The van der Waals surface area contributed by atoms with Gasteiger partial charge in [-0.15, -0.1) is 0 Å². The summed E-state index contributed by atoms with van der Waals surface area (Å²) in [5.41, 5.74) is 0. The minimum atomic E-state index is -4.31. The summed E-state index contributed by atoms with van der Waals surface area (Å²) in [6, 6.07) is 0. The molecule has 0 aromatic carbocycles. The Morgan fingerprint density at radius 2 is 1.15 bits per heavy atom. The van der Waals surface area contributed by atoms with Gasteiger partial charge in [0.1, 0.15) is 0 Å². The van der Waals surface area contributed by atoms with Crippen molar-refractivity contribution in [3.8, 4) is 0 Å². The zero-order valence-electron chi connectivity index (χ0n) is 7.76. The molecule has 0 spiro atoms. The Labute approximate surface area is 99.6 Å². The quantitative estimate of drug-likeness (QED) is 0.217. The second-order valence-corrected chi connectivity index (χ2v) is 4.22. The molecule has 0 saturated heterocycles. The van der Waals surface area contributed by atoms with E-state index in [1.165, 1.54) is 0 Å². The molecule has 0 heterocycles. The smallest absolute Gasteiger partial charge is 1.00 e. The Hall–Kier alpha value is 0.740. The van der Waals surface area contributed by atoms with Gasteiger partial charge in [-0.2, -0.15) is 26.3 Å². The molecule has 11 heteroatoms. The first-order chi connectivity index (χ1) is 5.21. The molecule has 4 N–H and O–H groups in total. The molecule has 0 saturated carbocycles. The van der Waals surface area contributed by atoms with E-state index in [1.807, 2.05) is 0 Å². The zero-order chi connectivity index (χ0) is 9.83. The van der Waals surface area contributed by atoms with Crippen molar-refractivity contribution in [2.24, 2.45) is 0 Å². The molecule has 0 unspecified atom stereocenters. The molecule has 13 heavy (non-hydrogen) atoms. The maximum absolute atomic E-state index is 9.96. The molecular formula is C2H9N2NaO6S2. The molecule has 0 amide bonds. The van der Waals surface area contributed by atoms with Crippen molar-refractivity contribution in [1.82, 2.24) is 9.44 Å². The van der Waals surface area contributed by atoms with Crippen LogP contribution in [0.3, 0.4) is 0 Å². The van der Waals surface area contributed by atoms with Gasteiger partial charge < -0.3 is 1.43 Å². The second kappa shape index (κ2) is 6.27. The fourth-order valence-corrected chi connectivity index (χ4v) is 1.08. The first kappa shape index (κ1) is 16.2. The number of hydrogen-bond acceptors (Lipinski definition) is 4. The standard InChI is InChI=1S/C2H8N2O6S2.Na.H/c5-11(6,7)3-1-2-4-12(8,9)10;;/h3-4H,1-2H2,(H,5,6,7)(H,8,9,10);;/q;+1;-1. The van der Waals surface area contributed by atoms with Gasteiger partial charge in [-0.1, -0.05) is 0 Å². The first-order valence-corrected chi connectivity index (χ1v) is 5.53. The van der Waals surface area contributed by atoms with Crippen LogP contribution in [-0.2, 0) is 20.6 Å². The minimum absolute atomic E-state index is 0. The molecule has 0 aromatic rings. The third-order valence-electron chi connectivity index (χ3n) is 0.694. The van der Waals surface area contributed by atoms with Crippen molar-refractivity contribution in [2.75, 3.05) is 13.1 Å². The van der Waals surface area contributed by atoms with E-state index in [-0.39, 0.29) is 44.1 Å². The minimum Gasteiger partial charge on any atom is -1.00 e. The van der Waals surface area contributed by atoms with Crippen LogP contribution in [0.25, 0.3) is 0 Å². The molecule has 0 aliphatic rings. The van der Waals surface area contributed by atoms with E-state index in [0.29, 0.717) is 0 Å². The Morgan fingerprint density at radius 1 is 0.923 bits per heavy atom. The van der Waals surface area contributed by atoms with Crippen molar-refractivity contribution in [1.29, 1.82) is 0 Å². The number of hydrogen-bond donors (Lipinski definition) is 4. The molecule has 0 bridgehead atoms. The van der Waals surface area contributed by atoms with Crippen molar-refractivity contribution in [2.45, 2.75) is 0 Å². The van der Waals surface area contributed by atoms with Crippen LogP contribution in [0, 0.1) is 0 Å². The monoisotopic (exact) mass is 244 g/mol. The van der Waals surface area contributed by atoms with Crippen LogP contribution in [0.15, 0.2) is 0 Å². The van der Waals surface area contributed by atoms with Crippen LogP contribution in [0.4, 0.5) is 0 Å². The van der Waals surface area contributed by atoms with Gasteiger partial charge in [0.2, 0.25) is 0 Å². The molecular weight excluding hydrogens is 235 g/mol. The Bertz CT molecular complexity index is 292. The van der Waals surface area contributed by atoms with E-state index in [0.717, 1.165) is 0 Å². The summed E-state index contributed by atoms with van der Waals surface area (Å²) in [5.74, 6) is 0. The summed E-state index contributed by atoms with van der Waals surface area (Å²) >= 11 is 0. The van der Waals surface area contributed by atoms with Gasteiger partial charge in [0.05, 0.1) is 0 Å². The number of rotatable bonds is 5. The molecule has 0 radical (unpaired) electrons. The predicted molar refractivity (Wildman–Crippen MR) is 40.2 cm³/mol. The van der Waals surface area contributed by atoms with Crippen molar-refractivity contribution >= 4 is 20.6 Å². The SMILES string of the molecule is O=S(=O)(O)NCCNS(=O)(=O)O.[H-].[Na+]. The summed E-state index contributed by atoms with van der Waals surface area (Å²) in [4.78, 5) is 0. The maximum atomic E-state index is 9.96. The van der Waals surface area contributed by atoms with Crippen LogP contribution in [0.2, 0.25) is 0 Å². The summed E-state index contributed by atoms with van der Waals surface area (Å²) in [5, 5.41) is 0. The van der Waals surface area contributed by atoms with Gasteiger partial charge in [-0.25, -0.2) is 0 Å². The summed E-state index contributed by atoms with van der Waals surface area (Å²) in [7, 11) is -8.62. The Balaban J connectivity index is -0.000000605. The van der Waals surface area contributed by atoms with E-state index in [9.17, 15) is 16.8 Å². The van der Waals surface area contributed by atoms with Gasteiger partial charge in [0.25, 0.3) is 0 Å². The Morgan fingerprint density at radius 3 is 1.31 bits per heavy atom. The summed E-state index contributed by atoms with van der Waals surface area (Å²) < 4.78 is 59.1. The van der Waals surface area contributed by atoms with Crippen molar-refractivity contribution in [3.05, 3.63) is 0 Å². The normalized spacial score (nSPS) is 12.2. The molecule has 0 aliphatic heterocycles. The fraction of sp³-hybridized carbons (Fsp3) is 1.00. The van der Waals surface area contributed by atoms with E-state index in [4.69, 9.17) is 9.11 Å². The average Bonchev–Trinajstić information content (AvgIpc) is 1.76. The van der Waals surface area contributed by atoms with Crippen LogP contribution < -0.4 is 39.0 Å². The van der Waals surface area contributed by atoms with Gasteiger partial charge >= 0.3 is 50.2 Å². The van der Waals surface area contributed by atoms with E-state index in [2.05, 4.69) is 0 Å². The molecule has 0 atom stereocenters. The molecule has 8 nitrogen and oxygen atoms in total. The van der Waals surface area contributed by atoms with Crippen LogP contribution in [0.5, 0.6) is 0 Å². The van der Waals surface area contributed by atoms with Crippen LogP contribution in [-0.4, -0.2) is 39.0 Å². The zero-order valence-corrected chi connectivity index (χ0v) is 10.4. The van der Waals surface area contributed by atoms with Crippen molar-refractivity contribution < 1.29 is 56.9 Å². The molecule has 0 aromatic heterocycles.